The molecule has 19 heavy (non-hydrogen) atoms. The second-order valence-electron chi connectivity index (χ2n) is 3.96. The van der Waals surface area contributed by atoms with Crippen molar-refractivity contribution >= 4 is 17.3 Å². The highest BCUT2D eigenvalue weighted by Gasteiger charge is 2.02. The highest BCUT2D eigenvalue weighted by Crippen LogP contribution is 2.19. The maximum absolute atomic E-state index is 11.5. The van der Waals surface area contributed by atoms with Gasteiger partial charge in [0.2, 0.25) is 0 Å². The molecule has 0 radical (unpaired) electrons. The fraction of sp³-hybridized carbons (Fsp3) is 0.143. The molecule has 0 aliphatic carbocycles. The number of benzene rings is 1. The van der Waals surface area contributed by atoms with E-state index in [9.17, 15) is 4.79 Å². The van der Waals surface area contributed by atoms with Crippen molar-refractivity contribution < 1.29 is 0 Å². The zero-order valence-corrected chi connectivity index (χ0v) is 10.9. The highest BCUT2D eigenvalue weighted by molar-refractivity contribution is 6.30. The van der Waals surface area contributed by atoms with E-state index in [-0.39, 0.29) is 5.56 Å². The van der Waals surface area contributed by atoms with Crippen LogP contribution in [0, 0.1) is 11.3 Å². The summed E-state index contributed by atoms with van der Waals surface area (Å²) in [5.41, 5.74) is 1.17. The van der Waals surface area contributed by atoms with Crippen molar-refractivity contribution in [2.24, 2.45) is 0 Å². The Balaban J connectivity index is 2.04. The van der Waals surface area contributed by atoms with Crippen LogP contribution in [-0.2, 0) is 6.54 Å². The largest absolute Gasteiger partial charge is 0.382 e. The van der Waals surface area contributed by atoms with Crippen molar-refractivity contribution in [3.8, 4) is 6.07 Å². The van der Waals surface area contributed by atoms with Gasteiger partial charge in [-0.05, 0) is 24.3 Å². The van der Waals surface area contributed by atoms with E-state index in [0.29, 0.717) is 29.4 Å². The Bertz CT molecular complexity index is 673. The van der Waals surface area contributed by atoms with Crippen LogP contribution in [0.2, 0.25) is 5.02 Å². The van der Waals surface area contributed by atoms with E-state index in [1.54, 1.807) is 35.0 Å². The Morgan fingerprint density at radius 1 is 1.32 bits per heavy atom. The van der Waals surface area contributed by atoms with Crippen LogP contribution in [-0.4, -0.2) is 11.1 Å². The lowest BCUT2D eigenvalue weighted by molar-refractivity contribution is 0.697. The van der Waals surface area contributed by atoms with Gasteiger partial charge >= 0.3 is 0 Å². The first-order valence-electron chi connectivity index (χ1n) is 5.80. The van der Waals surface area contributed by atoms with E-state index in [1.807, 2.05) is 6.07 Å². The number of anilines is 1. The van der Waals surface area contributed by atoms with Gasteiger partial charge in [-0.3, -0.25) is 4.79 Å². The molecule has 1 N–H and O–H groups in total. The minimum Gasteiger partial charge on any atom is -0.382 e. The number of nitriles is 1. The molecule has 5 heteroatoms. The summed E-state index contributed by atoms with van der Waals surface area (Å²) >= 11 is 5.89. The van der Waals surface area contributed by atoms with Crippen LogP contribution < -0.4 is 10.9 Å². The summed E-state index contributed by atoms with van der Waals surface area (Å²) in [6.07, 6.45) is 1.73. The first kappa shape index (κ1) is 13.2. The lowest BCUT2D eigenvalue weighted by Gasteiger charge is -2.09. The minimum atomic E-state index is -0.0455. The van der Waals surface area contributed by atoms with Crippen molar-refractivity contribution in [1.29, 1.82) is 5.26 Å². The summed E-state index contributed by atoms with van der Waals surface area (Å²) < 4.78 is 1.60. The number of aromatic nitrogens is 1. The SMILES string of the molecule is N#Cc1ccc(Cl)cc1NCCn1ccccc1=O. The van der Waals surface area contributed by atoms with Crippen LogP contribution in [0.25, 0.3) is 0 Å². The number of pyridine rings is 1. The third-order valence-electron chi connectivity index (χ3n) is 2.67. The molecule has 0 fully saturated rings. The van der Waals surface area contributed by atoms with E-state index in [4.69, 9.17) is 16.9 Å². The topological polar surface area (TPSA) is 57.8 Å². The van der Waals surface area contributed by atoms with Gasteiger partial charge in [-0.25, -0.2) is 0 Å². The maximum Gasteiger partial charge on any atom is 0.250 e. The lowest BCUT2D eigenvalue weighted by atomic mass is 10.2. The molecule has 0 saturated heterocycles. The van der Waals surface area contributed by atoms with Crippen LogP contribution in [0.15, 0.2) is 47.4 Å². The van der Waals surface area contributed by atoms with Crippen molar-refractivity contribution in [2.75, 3.05) is 11.9 Å². The molecule has 0 atom stereocenters. The van der Waals surface area contributed by atoms with Gasteiger partial charge in [0.1, 0.15) is 6.07 Å². The van der Waals surface area contributed by atoms with Crippen LogP contribution in [0.3, 0.4) is 0 Å². The second kappa shape index (κ2) is 6.07. The molecule has 0 spiro atoms. The van der Waals surface area contributed by atoms with Gasteiger partial charge < -0.3 is 9.88 Å². The first-order chi connectivity index (χ1) is 9.20. The standard InChI is InChI=1S/C14H12ClN3O/c15-12-5-4-11(10-16)13(9-12)17-6-8-18-7-2-1-3-14(18)19/h1-5,7,9,17H,6,8H2. The summed E-state index contributed by atoms with van der Waals surface area (Å²) in [7, 11) is 0. The Hall–Kier alpha value is -2.25. The predicted octanol–water partition coefficient (Wildman–Crippen LogP) is 2.49. The average molecular weight is 274 g/mol. The second-order valence-corrected chi connectivity index (χ2v) is 4.40. The summed E-state index contributed by atoms with van der Waals surface area (Å²) in [5.74, 6) is 0. The Kier molecular flexibility index (Phi) is 4.22. The van der Waals surface area contributed by atoms with Gasteiger partial charge in [0.25, 0.3) is 5.56 Å². The molecule has 0 amide bonds. The third-order valence-corrected chi connectivity index (χ3v) is 2.90. The zero-order valence-electron chi connectivity index (χ0n) is 10.1. The quantitative estimate of drug-likeness (QED) is 0.931. The molecule has 2 aromatic rings. The lowest BCUT2D eigenvalue weighted by Crippen LogP contribution is -2.22. The number of nitrogens with one attached hydrogen (secondary N) is 1. The fourth-order valence-electron chi connectivity index (χ4n) is 1.72. The summed E-state index contributed by atoms with van der Waals surface area (Å²) in [6, 6.07) is 12.2. The molecule has 1 aromatic carbocycles. The smallest absolute Gasteiger partial charge is 0.250 e. The molecular formula is C14H12ClN3O. The molecular weight excluding hydrogens is 262 g/mol. The summed E-state index contributed by atoms with van der Waals surface area (Å²) in [4.78, 5) is 11.5. The fourth-order valence-corrected chi connectivity index (χ4v) is 1.89. The molecule has 0 saturated carbocycles. The molecule has 0 aliphatic rings. The number of nitrogens with zero attached hydrogens (tertiary/aromatic N) is 2. The van der Waals surface area contributed by atoms with Gasteiger partial charge in [0, 0.05) is 30.4 Å². The van der Waals surface area contributed by atoms with Crippen LogP contribution in [0.4, 0.5) is 5.69 Å². The predicted molar refractivity (Wildman–Crippen MR) is 75.4 cm³/mol. The van der Waals surface area contributed by atoms with E-state index < -0.39 is 0 Å². The minimum absolute atomic E-state index is 0.0455. The molecule has 0 bridgehead atoms. The number of halogens is 1. The molecule has 1 aromatic heterocycles. The first-order valence-corrected chi connectivity index (χ1v) is 6.17. The molecule has 0 aliphatic heterocycles. The number of rotatable bonds is 4. The van der Waals surface area contributed by atoms with E-state index in [2.05, 4.69) is 11.4 Å². The van der Waals surface area contributed by atoms with Crippen molar-refractivity contribution in [3.63, 3.8) is 0 Å². The van der Waals surface area contributed by atoms with E-state index in [1.165, 1.54) is 6.07 Å². The molecule has 2 rings (SSSR count). The molecule has 4 nitrogen and oxygen atoms in total. The van der Waals surface area contributed by atoms with Crippen molar-refractivity contribution in [2.45, 2.75) is 6.54 Å². The van der Waals surface area contributed by atoms with E-state index in [0.717, 1.165) is 0 Å². The van der Waals surface area contributed by atoms with Gasteiger partial charge in [0.15, 0.2) is 0 Å². The Morgan fingerprint density at radius 3 is 2.89 bits per heavy atom. The van der Waals surface area contributed by atoms with Gasteiger partial charge in [-0.15, -0.1) is 0 Å². The van der Waals surface area contributed by atoms with Crippen LogP contribution >= 0.6 is 11.6 Å². The monoisotopic (exact) mass is 273 g/mol. The van der Waals surface area contributed by atoms with Gasteiger partial charge in [-0.1, -0.05) is 17.7 Å². The highest BCUT2D eigenvalue weighted by atomic mass is 35.5. The van der Waals surface area contributed by atoms with Crippen molar-refractivity contribution in [3.05, 3.63) is 63.5 Å². The Labute approximate surface area is 115 Å². The molecule has 1 heterocycles. The summed E-state index contributed by atoms with van der Waals surface area (Å²) in [5, 5.41) is 12.7. The molecule has 96 valence electrons. The van der Waals surface area contributed by atoms with Crippen LogP contribution in [0.5, 0.6) is 0 Å². The average Bonchev–Trinajstić information content (AvgIpc) is 2.41. The maximum atomic E-state index is 11.5. The Morgan fingerprint density at radius 2 is 2.16 bits per heavy atom. The normalized spacial score (nSPS) is 9.89. The van der Waals surface area contributed by atoms with Gasteiger partial charge in [0.05, 0.1) is 11.3 Å². The molecule has 0 unspecified atom stereocenters. The third kappa shape index (κ3) is 3.36. The number of hydrogen-bond acceptors (Lipinski definition) is 3. The summed E-state index contributed by atoms with van der Waals surface area (Å²) in [6.45, 7) is 1.07. The van der Waals surface area contributed by atoms with Gasteiger partial charge in [-0.2, -0.15) is 5.26 Å². The van der Waals surface area contributed by atoms with Crippen molar-refractivity contribution in [1.82, 2.24) is 4.57 Å². The van der Waals surface area contributed by atoms with E-state index >= 15 is 0 Å². The van der Waals surface area contributed by atoms with Crippen LogP contribution in [0.1, 0.15) is 5.56 Å². The zero-order chi connectivity index (χ0) is 13.7. The number of hydrogen-bond donors (Lipinski definition) is 1.